The summed E-state index contributed by atoms with van der Waals surface area (Å²) in [5, 5.41) is 10.1. The molecule has 0 aromatic heterocycles. The monoisotopic (exact) mass is 214 g/mol. The smallest absolute Gasteiger partial charge is 0.0695 e. The van der Waals surface area contributed by atoms with E-state index >= 15 is 0 Å². The Balaban J connectivity index is 2.43. The van der Waals surface area contributed by atoms with Crippen LogP contribution in [-0.2, 0) is 0 Å². The number of aliphatic hydroxyl groups excluding tert-OH is 1. The molecule has 0 spiro atoms. The van der Waals surface area contributed by atoms with Crippen LogP contribution in [-0.4, -0.2) is 60.3 Å². The first-order valence-electron chi connectivity index (χ1n) is 6.29. The van der Waals surface area contributed by atoms with Crippen molar-refractivity contribution in [3.05, 3.63) is 0 Å². The van der Waals surface area contributed by atoms with Crippen molar-refractivity contribution >= 4 is 0 Å². The number of likely N-dealkylation sites (N-methyl/N-ethyl adjacent to an activating group) is 1. The first-order valence-corrected chi connectivity index (χ1v) is 6.29. The molecule has 90 valence electrons. The molecule has 3 heteroatoms. The molecule has 0 aromatic rings. The quantitative estimate of drug-likeness (QED) is 0.744. The lowest BCUT2D eigenvalue weighted by Gasteiger charge is -2.39. The predicted octanol–water partition coefficient (Wildman–Crippen LogP) is 1.17. The van der Waals surface area contributed by atoms with Crippen LogP contribution < -0.4 is 0 Å². The van der Waals surface area contributed by atoms with Gasteiger partial charge in [0.05, 0.1) is 6.10 Å². The fourth-order valence-corrected chi connectivity index (χ4v) is 2.42. The van der Waals surface area contributed by atoms with Gasteiger partial charge < -0.3 is 10.0 Å². The molecule has 0 aromatic carbocycles. The van der Waals surface area contributed by atoms with Gasteiger partial charge >= 0.3 is 0 Å². The normalized spacial score (nSPS) is 24.0. The van der Waals surface area contributed by atoms with E-state index in [9.17, 15) is 5.11 Å². The average Bonchev–Trinajstić information content (AvgIpc) is 2.22. The highest BCUT2D eigenvalue weighted by molar-refractivity contribution is 4.81. The molecule has 2 unspecified atom stereocenters. The fourth-order valence-electron chi connectivity index (χ4n) is 2.42. The molecule has 1 aliphatic rings. The van der Waals surface area contributed by atoms with Gasteiger partial charge in [0, 0.05) is 32.2 Å². The summed E-state index contributed by atoms with van der Waals surface area (Å²) in [6.07, 6.45) is 2.93. The average molecular weight is 214 g/mol. The molecule has 1 N–H and O–H groups in total. The van der Waals surface area contributed by atoms with Crippen molar-refractivity contribution < 1.29 is 5.11 Å². The third kappa shape index (κ3) is 3.74. The first kappa shape index (κ1) is 12.9. The maximum atomic E-state index is 10.1. The van der Waals surface area contributed by atoms with Crippen molar-refractivity contribution in [2.45, 2.75) is 45.3 Å². The minimum Gasteiger partial charge on any atom is -0.391 e. The van der Waals surface area contributed by atoms with Crippen molar-refractivity contribution in [1.29, 1.82) is 0 Å². The second-order valence-corrected chi connectivity index (χ2v) is 4.67. The Kier molecular flexibility index (Phi) is 5.58. The Hall–Kier alpha value is -0.120. The number of nitrogens with zero attached hydrogens (tertiary/aromatic N) is 2. The van der Waals surface area contributed by atoms with Crippen molar-refractivity contribution in [1.82, 2.24) is 9.80 Å². The van der Waals surface area contributed by atoms with Gasteiger partial charge in [-0.2, -0.15) is 0 Å². The number of piperazine rings is 1. The molecule has 15 heavy (non-hydrogen) atoms. The van der Waals surface area contributed by atoms with E-state index in [1.807, 2.05) is 0 Å². The number of hydrogen-bond acceptors (Lipinski definition) is 3. The molecule has 1 fully saturated rings. The van der Waals surface area contributed by atoms with Crippen LogP contribution in [0.5, 0.6) is 0 Å². The van der Waals surface area contributed by atoms with Crippen LogP contribution in [0.25, 0.3) is 0 Å². The summed E-state index contributed by atoms with van der Waals surface area (Å²) < 4.78 is 0. The SMILES string of the molecule is CCCC(O)C(CC)N1CCN(C)CC1. The van der Waals surface area contributed by atoms with Crippen LogP contribution in [0, 0.1) is 0 Å². The van der Waals surface area contributed by atoms with E-state index in [1.165, 1.54) is 0 Å². The van der Waals surface area contributed by atoms with E-state index in [1.54, 1.807) is 0 Å². The topological polar surface area (TPSA) is 26.7 Å². The minimum absolute atomic E-state index is 0.136. The summed E-state index contributed by atoms with van der Waals surface area (Å²) in [4.78, 5) is 4.82. The molecular weight excluding hydrogens is 188 g/mol. The molecule has 3 nitrogen and oxygen atoms in total. The van der Waals surface area contributed by atoms with Gasteiger partial charge in [-0.3, -0.25) is 4.90 Å². The van der Waals surface area contributed by atoms with Gasteiger partial charge in [-0.1, -0.05) is 20.3 Å². The summed E-state index contributed by atoms with van der Waals surface area (Å²) in [5.41, 5.74) is 0. The van der Waals surface area contributed by atoms with Crippen molar-refractivity contribution in [3.63, 3.8) is 0 Å². The lowest BCUT2D eigenvalue weighted by molar-refractivity contribution is 0.0174. The molecule has 0 bridgehead atoms. The zero-order valence-electron chi connectivity index (χ0n) is 10.4. The molecule has 2 atom stereocenters. The third-order valence-electron chi connectivity index (χ3n) is 3.45. The number of hydrogen-bond donors (Lipinski definition) is 1. The number of rotatable bonds is 5. The van der Waals surface area contributed by atoms with E-state index in [-0.39, 0.29) is 6.10 Å². The number of aliphatic hydroxyl groups is 1. The van der Waals surface area contributed by atoms with Crippen LogP contribution >= 0.6 is 0 Å². The largest absolute Gasteiger partial charge is 0.391 e. The summed E-state index contributed by atoms with van der Waals surface area (Å²) in [6.45, 7) is 8.80. The van der Waals surface area contributed by atoms with Crippen molar-refractivity contribution in [2.24, 2.45) is 0 Å². The Morgan fingerprint density at radius 2 is 1.73 bits per heavy atom. The molecule has 1 rings (SSSR count). The molecule has 0 radical (unpaired) electrons. The highest BCUT2D eigenvalue weighted by Crippen LogP contribution is 2.15. The zero-order valence-corrected chi connectivity index (χ0v) is 10.4. The van der Waals surface area contributed by atoms with E-state index in [0.29, 0.717) is 6.04 Å². The third-order valence-corrected chi connectivity index (χ3v) is 3.45. The van der Waals surface area contributed by atoms with Crippen LogP contribution in [0.15, 0.2) is 0 Å². The Labute approximate surface area is 94.1 Å². The maximum Gasteiger partial charge on any atom is 0.0695 e. The Morgan fingerprint density at radius 1 is 1.13 bits per heavy atom. The highest BCUT2D eigenvalue weighted by Gasteiger charge is 2.26. The Morgan fingerprint density at radius 3 is 2.20 bits per heavy atom. The molecule has 0 saturated carbocycles. The Bertz CT molecular complexity index is 167. The first-order chi connectivity index (χ1) is 7.19. The van der Waals surface area contributed by atoms with E-state index in [4.69, 9.17) is 0 Å². The summed E-state index contributed by atoms with van der Waals surface area (Å²) in [7, 11) is 2.17. The van der Waals surface area contributed by atoms with Crippen LogP contribution in [0.2, 0.25) is 0 Å². The van der Waals surface area contributed by atoms with Gasteiger partial charge in [-0.05, 0) is 19.9 Å². The molecule has 1 aliphatic heterocycles. The van der Waals surface area contributed by atoms with Gasteiger partial charge in [-0.15, -0.1) is 0 Å². The summed E-state index contributed by atoms with van der Waals surface area (Å²) in [6, 6.07) is 0.374. The van der Waals surface area contributed by atoms with Crippen LogP contribution in [0.4, 0.5) is 0 Å². The molecular formula is C12H26N2O. The lowest BCUT2D eigenvalue weighted by atomic mass is 10.0. The molecule has 1 saturated heterocycles. The van der Waals surface area contributed by atoms with Crippen LogP contribution in [0.3, 0.4) is 0 Å². The lowest BCUT2D eigenvalue weighted by Crippen LogP contribution is -2.52. The zero-order chi connectivity index (χ0) is 11.3. The second-order valence-electron chi connectivity index (χ2n) is 4.67. The predicted molar refractivity (Wildman–Crippen MR) is 64.1 cm³/mol. The standard InChI is InChI=1S/C12H26N2O/c1-4-6-12(15)11(5-2)14-9-7-13(3)8-10-14/h11-12,15H,4-10H2,1-3H3. The molecule has 0 amide bonds. The van der Waals surface area contributed by atoms with Crippen LogP contribution in [0.1, 0.15) is 33.1 Å². The molecule has 1 heterocycles. The van der Waals surface area contributed by atoms with Gasteiger partial charge in [0.25, 0.3) is 0 Å². The minimum atomic E-state index is -0.136. The van der Waals surface area contributed by atoms with E-state index in [0.717, 1.165) is 45.4 Å². The second kappa shape index (κ2) is 6.46. The van der Waals surface area contributed by atoms with Crippen molar-refractivity contribution in [2.75, 3.05) is 33.2 Å². The fraction of sp³-hybridized carbons (Fsp3) is 1.00. The van der Waals surface area contributed by atoms with E-state index < -0.39 is 0 Å². The van der Waals surface area contributed by atoms with E-state index in [2.05, 4.69) is 30.7 Å². The maximum absolute atomic E-state index is 10.1. The summed E-state index contributed by atoms with van der Waals surface area (Å²) >= 11 is 0. The van der Waals surface area contributed by atoms with Gasteiger partial charge in [0.15, 0.2) is 0 Å². The van der Waals surface area contributed by atoms with Gasteiger partial charge in [0.2, 0.25) is 0 Å². The highest BCUT2D eigenvalue weighted by atomic mass is 16.3. The van der Waals surface area contributed by atoms with Crippen molar-refractivity contribution in [3.8, 4) is 0 Å². The summed E-state index contributed by atoms with van der Waals surface area (Å²) in [5.74, 6) is 0. The van der Waals surface area contributed by atoms with Gasteiger partial charge in [-0.25, -0.2) is 0 Å². The van der Waals surface area contributed by atoms with Gasteiger partial charge in [0.1, 0.15) is 0 Å². The molecule has 0 aliphatic carbocycles.